The predicted octanol–water partition coefficient (Wildman–Crippen LogP) is 4.03. The molecule has 4 atom stereocenters. The summed E-state index contributed by atoms with van der Waals surface area (Å²) in [4.78, 5) is 40.0. The van der Waals surface area contributed by atoms with Crippen LogP contribution in [0.1, 0.15) is 54.4 Å². The summed E-state index contributed by atoms with van der Waals surface area (Å²) >= 11 is 0. The number of carboxylic acid groups (broad SMARTS) is 1. The van der Waals surface area contributed by atoms with Crippen LogP contribution in [-0.2, 0) is 39.1 Å². The molecule has 2 bridgehead atoms. The molecular formula is C34H31F2NO7. The van der Waals surface area contributed by atoms with E-state index < -0.39 is 47.1 Å². The molecule has 5 aliphatic rings. The van der Waals surface area contributed by atoms with Gasteiger partial charge in [-0.15, -0.1) is 0 Å². The fourth-order valence-electron chi connectivity index (χ4n) is 8.57. The number of carbonyl (C=O) groups excluding carboxylic acids is 2. The number of aliphatic carboxylic acids is 1. The number of halogens is 2. The van der Waals surface area contributed by atoms with Gasteiger partial charge in [0.05, 0.1) is 29.2 Å². The van der Waals surface area contributed by atoms with Crippen molar-refractivity contribution in [2.24, 2.45) is 5.92 Å². The summed E-state index contributed by atoms with van der Waals surface area (Å²) in [5, 5.41) is 21.4. The van der Waals surface area contributed by atoms with Crippen LogP contribution in [0.25, 0.3) is 10.8 Å². The van der Waals surface area contributed by atoms with Gasteiger partial charge in [-0.25, -0.2) is 8.78 Å². The van der Waals surface area contributed by atoms with Gasteiger partial charge in [0.2, 0.25) is 0 Å². The van der Waals surface area contributed by atoms with Crippen LogP contribution in [0, 0.1) is 17.6 Å². The molecule has 2 saturated carbocycles. The van der Waals surface area contributed by atoms with Crippen molar-refractivity contribution in [3.63, 3.8) is 0 Å². The predicted molar refractivity (Wildman–Crippen MR) is 153 cm³/mol. The molecule has 10 heteroatoms. The number of carbonyl (C=O) groups is 3. The molecule has 0 unspecified atom stereocenters. The molecule has 0 radical (unpaired) electrons. The van der Waals surface area contributed by atoms with Crippen molar-refractivity contribution in [2.75, 3.05) is 13.1 Å². The van der Waals surface area contributed by atoms with Crippen LogP contribution < -0.4 is 9.47 Å². The van der Waals surface area contributed by atoms with E-state index in [4.69, 9.17) is 14.6 Å². The highest BCUT2D eigenvalue weighted by Crippen LogP contribution is 2.65. The van der Waals surface area contributed by atoms with Gasteiger partial charge < -0.3 is 19.7 Å². The van der Waals surface area contributed by atoms with Crippen LogP contribution in [0.2, 0.25) is 0 Å². The summed E-state index contributed by atoms with van der Waals surface area (Å²) in [5.41, 5.74) is 0.109. The number of benzene rings is 3. The van der Waals surface area contributed by atoms with Gasteiger partial charge in [0.1, 0.15) is 11.6 Å². The number of piperidine rings is 1. The van der Waals surface area contributed by atoms with Crippen molar-refractivity contribution >= 4 is 28.5 Å². The summed E-state index contributed by atoms with van der Waals surface area (Å²) in [6, 6.07) is 8.33. The number of aliphatic hydroxyl groups is 1. The molecule has 8 nitrogen and oxygen atoms in total. The van der Waals surface area contributed by atoms with E-state index in [-0.39, 0.29) is 52.3 Å². The molecule has 44 heavy (non-hydrogen) atoms. The minimum absolute atomic E-state index is 0.0634. The number of esters is 1. The Kier molecular flexibility index (Phi) is 6.00. The molecule has 3 aliphatic carbocycles. The third kappa shape index (κ3) is 3.96. The second-order valence-electron chi connectivity index (χ2n) is 13.2. The number of carboxylic acids is 1. The van der Waals surface area contributed by atoms with Gasteiger partial charge in [0.15, 0.2) is 23.4 Å². The third-order valence-corrected chi connectivity index (χ3v) is 10.5. The van der Waals surface area contributed by atoms with E-state index >= 15 is 0 Å². The van der Waals surface area contributed by atoms with Gasteiger partial charge in [-0.2, -0.15) is 0 Å². The number of hydrogen-bond acceptors (Lipinski definition) is 7. The first-order valence-corrected chi connectivity index (χ1v) is 15.2. The van der Waals surface area contributed by atoms with E-state index in [0.29, 0.717) is 30.9 Å². The van der Waals surface area contributed by atoms with Crippen molar-refractivity contribution < 1.29 is 42.9 Å². The van der Waals surface area contributed by atoms with E-state index in [1.807, 2.05) is 6.07 Å². The first-order chi connectivity index (χ1) is 21.1. The Balaban J connectivity index is 1.11. The molecule has 0 aromatic heterocycles. The number of fused-ring (bicyclic) bond motifs is 1. The Morgan fingerprint density at radius 3 is 2.48 bits per heavy atom. The molecule has 2 N–H and O–H groups in total. The van der Waals surface area contributed by atoms with Crippen molar-refractivity contribution in [1.82, 2.24) is 4.90 Å². The molecule has 2 aliphatic heterocycles. The highest BCUT2D eigenvalue weighted by atomic mass is 19.1. The Morgan fingerprint density at radius 2 is 1.77 bits per heavy atom. The van der Waals surface area contributed by atoms with Gasteiger partial charge in [-0.05, 0) is 84.8 Å². The molecule has 228 valence electrons. The fraction of sp³-hybridized carbons (Fsp3) is 0.441. The first-order valence-electron chi connectivity index (χ1n) is 15.2. The van der Waals surface area contributed by atoms with Crippen molar-refractivity contribution in [2.45, 2.75) is 74.5 Å². The molecule has 2 heterocycles. The molecule has 1 saturated heterocycles. The SMILES string of the molecule is O=C(O)Cc1cc(F)c2c(F)cc(CC(=O)Oc3ccc4c5c3O[C@H]3C(=O)CC[C@@]6(O)[C@@H](C4)N(CC4CC4)CC[C@]536)cc2c1. The summed E-state index contributed by atoms with van der Waals surface area (Å²) in [6.07, 6.45) is 2.55. The minimum Gasteiger partial charge on any atom is -0.481 e. The standard InChI is InChI=1S/C34H31F2NO7/c35-22-11-18(13-27(39)40)9-21-10-19(12-23(36)29(21)22)14-28(41)43-25-4-3-20-15-26-34(42)6-5-24(38)32-33(34,30(20)31(25)44-32)7-8-37(26)16-17-1-2-17/h3-4,9-12,17,26,32,42H,1-2,5-8,13-16H2,(H,39,40)/t26-,32+,33+,34-/m1/s1. The number of rotatable bonds is 7. The summed E-state index contributed by atoms with van der Waals surface area (Å²) in [5.74, 6) is -2.56. The fourth-order valence-corrected chi connectivity index (χ4v) is 8.57. The third-order valence-electron chi connectivity index (χ3n) is 10.5. The quantitative estimate of drug-likeness (QED) is 0.308. The van der Waals surface area contributed by atoms with Crippen molar-refractivity contribution in [1.29, 1.82) is 0 Å². The highest BCUT2D eigenvalue weighted by molar-refractivity contribution is 5.91. The molecule has 3 aromatic carbocycles. The number of likely N-dealkylation sites (tertiary alicyclic amines) is 1. The second-order valence-corrected chi connectivity index (χ2v) is 13.2. The molecule has 3 aromatic rings. The van der Waals surface area contributed by atoms with Gasteiger partial charge >= 0.3 is 11.9 Å². The van der Waals surface area contributed by atoms with Crippen LogP contribution in [0.5, 0.6) is 11.5 Å². The number of ketones is 1. The maximum atomic E-state index is 14.9. The summed E-state index contributed by atoms with van der Waals surface area (Å²) in [6.45, 7) is 1.70. The second kappa shape index (κ2) is 9.55. The number of ether oxygens (including phenoxy) is 2. The van der Waals surface area contributed by atoms with Crippen LogP contribution in [0.15, 0.2) is 36.4 Å². The normalized spacial score (nSPS) is 28.5. The average molecular weight is 604 g/mol. The molecule has 0 amide bonds. The first kappa shape index (κ1) is 27.6. The lowest BCUT2D eigenvalue weighted by Crippen LogP contribution is -2.76. The molecule has 3 fully saturated rings. The molecular weight excluding hydrogens is 572 g/mol. The van der Waals surface area contributed by atoms with Crippen LogP contribution >= 0.6 is 0 Å². The van der Waals surface area contributed by atoms with Gasteiger partial charge in [-0.3, -0.25) is 19.3 Å². The highest BCUT2D eigenvalue weighted by Gasteiger charge is 2.73. The topological polar surface area (TPSA) is 113 Å². The number of Topliss-reactive ketones (excluding diaryl/α,β-unsaturated/α-hetero) is 1. The maximum absolute atomic E-state index is 14.9. The number of hydrogen-bond donors (Lipinski definition) is 2. The van der Waals surface area contributed by atoms with Crippen molar-refractivity contribution in [3.8, 4) is 11.5 Å². The number of nitrogens with zero attached hydrogens (tertiary/aromatic N) is 1. The zero-order valence-corrected chi connectivity index (χ0v) is 23.9. The van der Waals surface area contributed by atoms with Gasteiger partial charge in [-0.1, -0.05) is 18.2 Å². The lowest BCUT2D eigenvalue weighted by Gasteiger charge is -2.62. The minimum atomic E-state index is -1.15. The van der Waals surface area contributed by atoms with Crippen LogP contribution in [-0.4, -0.2) is 63.7 Å². The maximum Gasteiger partial charge on any atom is 0.315 e. The molecule has 1 spiro atoms. The Hall–Kier alpha value is -3.89. The average Bonchev–Trinajstić information content (AvgIpc) is 3.69. The van der Waals surface area contributed by atoms with E-state index in [2.05, 4.69) is 4.90 Å². The molecule has 8 rings (SSSR count). The Bertz CT molecular complexity index is 1790. The zero-order valence-electron chi connectivity index (χ0n) is 23.9. The zero-order chi connectivity index (χ0) is 30.5. The van der Waals surface area contributed by atoms with E-state index in [9.17, 15) is 28.3 Å². The smallest absolute Gasteiger partial charge is 0.315 e. The lowest BCUT2D eigenvalue weighted by atomic mass is 9.49. The van der Waals surface area contributed by atoms with Gasteiger partial charge in [0.25, 0.3) is 0 Å². The van der Waals surface area contributed by atoms with Crippen LogP contribution in [0.4, 0.5) is 8.78 Å². The van der Waals surface area contributed by atoms with E-state index in [1.54, 1.807) is 6.07 Å². The summed E-state index contributed by atoms with van der Waals surface area (Å²) in [7, 11) is 0. The van der Waals surface area contributed by atoms with Gasteiger partial charge in [0, 0.05) is 24.6 Å². The monoisotopic (exact) mass is 603 g/mol. The van der Waals surface area contributed by atoms with Crippen LogP contribution in [0.3, 0.4) is 0 Å². The van der Waals surface area contributed by atoms with E-state index in [1.165, 1.54) is 25.0 Å². The summed E-state index contributed by atoms with van der Waals surface area (Å²) < 4.78 is 41.6. The van der Waals surface area contributed by atoms with Crippen molar-refractivity contribution in [3.05, 3.63) is 70.3 Å². The Labute approximate surface area is 251 Å². The Morgan fingerprint density at radius 1 is 1.05 bits per heavy atom. The largest absolute Gasteiger partial charge is 0.481 e. The lowest BCUT2D eigenvalue weighted by molar-refractivity contribution is -0.188. The van der Waals surface area contributed by atoms with E-state index in [0.717, 1.165) is 36.3 Å².